The molecule has 1 amide bonds. The Hall–Kier alpha value is -1.55. The topological polar surface area (TPSA) is 88.6 Å². The van der Waals surface area contributed by atoms with Crippen LogP contribution >= 0.6 is 34.5 Å². The SMILES string of the molecule is CC(C)(C)OC(=O)N1CCc2nc(NS(=O)(=O)c3cccc(Cl)c3Cl)sc2C1. The van der Waals surface area contributed by atoms with E-state index in [-0.39, 0.29) is 20.1 Å². The third kappa shape index (κ3) is 4.71. The highest BCUT2D eigenvalue weighted by Crippen LogP contribution is 2.33. The molecule has 2 aromatic rings. The number of hydrogen-bond donors (Lipinski definition) is 1. The van der Waals surface area contributed by atoms with Crippen LogP contribution in [0.5, 0.6) is 0 Å². The minimum Gasteiger partial charge on any atom is -0.444 e. The van der Waals surface area contributed by atoms with E-state index in [0.29, 0.717) is 19.5 Å². The van der Waals surface area contributed by atoms with E-state index in [1.165, 1.54) is 29.5 Å². The van der Waals surface area contributed by atoms with Crippen molar-refractivity contribution in [2.45, 2.75) is 44.2 Å². The largest absolute Gasteiger partial charge is 0.444 e. The number of hydrogen-bond acceptors (Lipinski definition) is 6. The van der Waals surface area contributed by atoms with Crippen LogP contribution in [0.25, 0.3) is 0 Å². The van der Waals surface area contributed by atoms with E-state index in [1.54, 1.807) is 25.7 Å². The molecule has 0 spiro atoms. The van der Waals surface area contributed by atoms with Crippen LogP contribution in [-0.4, -0.2) is 36.5 Å². The summed E-state index contributed by atoms with van der Waals surface area (Å²) in [7, 11) is -3.94. The zero-order valence-electron chi connectivity index (χ0n) is 15.5. The normalized spacial score (nSPS) is 14.5. The number of benzene rings is 1. The summed E-state index contributed by atoms with van der Waals surface area (Å²) in [5, 5.41) is 0.317. The molecule has 1 aromatic carbocycles. The van der Waals surface area contributed by atoms with Crippen LogP contribution in [0.15, 0.2) is 23.1 Å². The monoisotopic (exact) mass is 463 g/mol. The van der Waals surface area contributed by atoms with E-state index in [2.05, 4.69) is 9.71 Å². The molecule has 0 unspecified atom stereocenters. The summed E-state index contributed by atoms with van der Waals surface area (Å²) in [6, 6.07) is 4.39. The van der Waals surface area contributed by atoms with Gasteiger partial charge in [-0.2, -0.15) is 0 Å². The number of anilines is 1. The van der Waals surface area contributed by atoms with E-state index in [4.69, 9.17) is 27.9 Å². The average molecular weight is 464 g/mol. The predicted molar refractivity (Wildman–Crippen MR) is 110 cm³/mol. The minimum atomic E-state index is -3.94. The van der Waals surface area contributed by atoms with Gasteiger partial charge in [0.25, 0.3) is 10.0 Å². The zero-order valence-corrected chi connectivity index (χ0v) is 18.6. The summed E-state index contributed by atoms with van der Waals surface area (Å²) in [6.45, 7) is 6.20. The Morgan fingerprint density at radius 1 is 1.32 bits per heavy atom. The molecular weight excluding hydrogens is 445 g/mol. The van der Waals surface area contributed by atoms with Gasteiger partial charge in [-0.3, -0.25) is 4.72 Å². The Kier molecular flexibility index (Phi) is 5.82. The lowest BCUT2D eigenvalue weighted by Gasteiger charge is -2.29. The van der Waals surface area contributed by atoms with Gasteiger partial charge in [0.1, 0.15) is 10.5 Å². The van der Waals surface area contributed by atoms with Gasteiger partial charge in [0.2, 0.25) is 0 Å². The third-order valence-electron chi connectivity index (χ3n) is 3.81. The van der Waals surface area contributed by atoms with Gasteiger partial charge in [0, 0.05) is 17.8 Å². The quantitative estimate of drug-likeness (QED) is 0.721. The van der Waals surface area contributed by atoms with Crippen molar-refractivity contribution >= 4 is 55.8 Å². The first-order valence-electron chi connectivity index (χ1n) is 8.39. The second-order valence-electron chi connectivity index (χ2n) is 7.20. The number of nitrogens with zero attached hydrogens (tertiary/aromatic N) is 2. The molecule has 0 atom stereocenters. The van der Waals surface area contributed by atoms with Crippen molar-refractivity contribution in [3.8, 4) is 0 Å². The van der Waals surface area contributed by atoms with Gasteiger partial charge in [-0.15, -0.1) is 0 Å². The summed E-state index contributed by atoms with van der Waals surface area (Å²) in [6.07, 6.45) is 0.115. The zero-order chi connectivity index (χ0) is 20.7. The van der Waals surface area contributed by atoms with Crippen LogP contribution in [-0.2, 0) is 27.7 Å². The molecular formula is C17H19Cl2N3O4S2. The molecule has 0 fully saturated rings. The summed E-state index contributed by atoms with van der Waals surface area (Å²) in [5.41, 5.74) is 0.182. The molecule has 11 heteroatoms. The number of fused-ring (bicyclic) bond motifs is 1. The number of aromatic nitrogens is 1. The van der Waals surface area contributed by atoms with Crippen LogP contribution in [0.4, 0.5) is 9.93 Å². The van der Waals surface area contributed by atoms with Crippen LogP contribution in [0, 0.1) is 0 Å². The van der Waals surface area contributed by atoms with Crippen molar-refractivity contribution in [1.82, 2.24) is 9.88 Å². The maximum atomic E-state index is 12.6. The van der Waals surface area contributed by atoms with E-state index in [0.717, 1.165) is 10.6 Å². The van der Waals surface area contributed by atoms with Crippen LogP contribution in [0.3, 0.4) is 0 Å². The smallest absolute Gasteiger partial charge is 0.410 e. The van der Waals surface area contributed by atoms with Crippen molar-refractivity contribution in [3.05, 3.63) is 38.8 Å². The fourth-order valence-electron chi connectivity index (χ4n) is 2.58. The van der Waals surface area contributed by atoms with Gasteiger partial charge in [-0.1, -0.05) is 40.6 Å². The number of rotatable bonds is 3. The molecule has 152 valence electrons. The van der Waals surface area contributed by atoms with Crippen molar-refractivity contribution in [2.75, 3.05) is 11.3 Å². The molecule has 0 radical (unpaired) electrons. The Morgan fingerprint density at radius 2 is 2.04 bits per heavy atom. The molecule has 0 saturated heterocycles. The molecule has 2 heterocycles. The fraction of sp³-hybridized carbons (Fsp3) is 0.412. The standard InChI is InChI=1S/C17H19Cl2N3O4S2/c1-17(2,3)26-16(23)22-8-7-11-12(9-22)27-15(20-11)21-28(24,25)13-6-4-5-10(18)14(13)19/h4-6H,7-9H2,1-3H3,(H,20,21). The van der Waals surface area contributed by atoms with E-state index < -0.39 is 21.7 Å². The molecule has 7 nitrogen and oxygen atoms in total. The summed E-state index contributed by atoms with van der Waals surface area (Å²) in [5.74, 6) is 0. The van der Waals surface area contributed by atoms with Crippen LogP contribution < -0.4 is 4.72 Å². The number of carbonyl (C=O) groups excluding carboxylic acids is 1. The lowest BCUT2D eigenvalue weighted by Crippen LogP contribution is -2.39. The van der Waals surface area contributed by atoms with Gasteiger partial charge in [-0.05, 0) is 32.9 Å². The van der Waals surface area contributed by atoms with E-state index in [9.17, 15) is 13.2 Å². The van der Waals surface area contributed by atoms with E-state index in [1.807, 2.05) is 0 Å². The first kappa shape index (κ1) is 21.2. The maximum Gasteiger partial charge on any atom is 0.410 e. The molecule has 0 saturated carbocycles. The summed E-state index contributed by atoms with van der Waals surface area (Å²) in [4.78, 5) is 18.9. The van der Waals surface area contributed by atoms with Gasteiger partial charge >= 0.3 is 6.09 Å². The molecule has 28 heavy (non-hydrogen) atoms. The molecule has 0 aliphatic carbocycles. The Labute approximate surface area is 177 Å². The molecule has 1 N–H and O–H groups in total. The molecule has 1 aliphatic heterocycles. The third-order valence-corrected chi connectivity index (χ3v) is 7.25. The lowest BCUT2D eigenvalue weighted by molar-refractivity contribution is 0.0225. The molecule has 3 rings (SSSR count). The number of thiazole rings is 1. The van der Waals surface area contributed by atoms with Gasteiger partial charge < -0.3 is 9.64 Å². The maximum absolute atomic E-state index is 12.6. The van der Waals surface area contributed by atoms with Crippen molar-refractivity contribution < 1.29 is 17.9 Å². The van der Waals surface area contributed by atoms with E-state index >= 15 is 0 Å². The molecule has 1 aliphatic rings. The van der Waals surface area contributed by atoms with Gasteiger partial charge in [0.15, 0.2) is 5.13 Å². The average Bonchev–Trinajstić information content (AvgIpc) is 2.96. The number of nitrogens with one attached hydrogen (secondary N) is 1. The first-order valence-corrected chi connectivity index (χ1v) is 11.5. The highest BCUT2D eigenvalue weighted by molar-refractivity contribution is 7.93. The summed E-state index contributed by atoms with van der Waals surface area (Å²) < 4.78 is 33.1. The van der Waals surface area contributed by atoms with Crippen molar-refractivity contribution in [3.63, 3.8) is 0 Å². The highest BCUT2D eigenvalue weighted by atomic mass is 35.5. The predicted octanol–water partition coefficient (Wildman–Crippen LogP) is 4.54. The second kappa shape index (κ2) is 7.70. The first-order chi connectivity index (χ1) is 13.0. The summed E-state index contributed by atoms with van der Waals surface area (Å²) >= 11 is 13.1. The van der Waals surface area contributed by atoms with Crippen LogP contribution in [0.1, 0.15) is 31.3 Å². The number of sulfonamides is 1. The van der Waals surface area contributed by atoms with Gasteiger partial charge in [-0.25, -0.2) is 18.2 Å². The number of amides is 1. The van der Waals surface area contributed by atoms with Crippen LogP contribution in [0.2, 0.25) is 10.0 Å². The van der Waals surface area contributed by atoms with Gasteiger partial charge in [0.05, 0.1) is 22.3 Å². The molecule has 1 aromatic heterocycles. The fourth-order valence-corrected chi connectivity index (χ4v) is 5.60. The number of halogens is 2. The number of ether oxygens (including phenoxy) is 1. The second-order valence-corrected chi connectivity index (χ2v) is 10.7. The Morgan fingerprint density at radius 3 is 2.71 bits per heavy atom. The Balaban J connectivity index is 1.77. The highest BCUT2D eigenvalue weighted by Gasteiger charge is 2.29. The Bertz CT molecular complexity index is 1020. The number of carbonyl (C=O) groups is 1. The lowest BCUT2D eigenvalue weighted by atomic mass is 10.2. The minimum absolute atomic E-state index is 0.0471. The van der Waals surface area contributed by atoms with Crippen molar-refractivity contribution in [2.24, 2.45) is 0 Å². The van der Waals surface area contributed by atoms with Crippen molar-refractivity contribution in [1.29, 1.82) is 0 Å². The molecule has 0 bridgehead atoms.